The number of rotatable bonds is 9. The number of phosphoric acid groups is 1. The van der Waals surface area contributed by atoms with Crippen LogP contribution in [-0.2, 0) is 61.5 Å². The molecule has 15 nitrogen and oxygen atoms in total. The van der Waals surface area contributed by atoms with Crippen LogP contribution in [0.25, 0.3) is 0 Å². The van der Waals surface area contributed by atoms with Crippen molar-refractivity contribution in [1.29, 1.82) is 0 Å². The lowest BCUT2D eigenvalue weighted by atomic mass is 9.94. The lowest BCUT2D eigenvalue weighted by molar-refractivity contribution is -0.302. The number of carbonyl (C=O) groups excluding carboxylic acids is 5. The summed E-state index contributed by atoms with van der Waals surface area (Å²) in [5.41, 5.74) is 0. The van der Waals surface area contributed by atoms with Crippen LogP contribution in [0.3, 0.4) is 0 Å². The normalized spacial score (nSPS) is 25.8. The Morgan fingerprint density at radius 1 is 0.788 bits per heavy atom. The summed E-state index contributed by atoms with van der Waals surface area (Å²) in [6, 6.07) is 0. The van der Waals surface area contributed by atoms with Gasteiger partial charge in [0, 0.05) is 34.6 Å². The van der Waals surface area contributed by atoms with Gasteiger partial charge >= 0.3 is 37.7 Å². The van der Waals surface area contributed by atoms with Crippen molar-refractivity contribution in [1.82, 2.24) is 0 Å². The van der Waals surface area contributed by atoms with Gasteiger partial charge in [-0.25, -0.2) is 4.57 Å². The molecule has 188 valence electrons. The molecular weight excluding hydrogens is 475 g/mol. The number of hydrogen-bond acceptors (Lipinski definition) is 13. The van der Waals surface area contributed by atoms with Gasteiger partial charge in [0.15, 0.2) is 24.4 Å². The van der Waals surface area contributed by atoms with Gasteiger partial charge in [-0.3, -0.25) is 28.5 Å². The van der Waals surface area contributed by atoms with Crippen LogP contribution >= 0.6 is 7.82 Å². The molecule has 1 heterocycles. The second-order valence-electron chi connectivity index (χ2n) is 6.74. The first kappa shape index (κ1) is 28.5. The standard InChI is InChI=1S/C17H25O15P/c1-7(18)26-6-12(27-8(2)19)13-14(28-9(3)20)15(29-10(4)21)16(30-11(5)22)17(31-13)32-33(23,24)25/h12-17H,6H2,1-5H3,(H2,23,24,25)/t12?,13-,14-,15+,16+,17+/m1/s1. The predicted molar refractivity (Wildman–Crippen MR) is 101 cm³/mol. The molecule has 1 saturated heterocycles. The summed E-state index contributed by atoms with van der Waals surface area (Å²) >= 11 is 0. The van der Waals surface area contributed by atoms with Gasteiger partial charge in [0.05, 0.1) is 0 Å². The van der Waals surface area contributed by atoms with Crippen molar-refractivity contribution >= 4 is 37.7 Å². The highest BCUT2D eigenvalue weighted by Crippen LogP contribution is 2.42. The maximum atomic E-state index is 11.8. The largest absolute Gasteiger partial charge is 0.472 e. The zero-order chi connectivity index (χ0) is 25.5. The molecular formula is C17H25O15P. The Labute approximate surface area is 187 Å². The lowest BCUT2D eigenvalue weighted by Gasteiger charge is -2.45. The summed E-state index contributed by atoms with van der Waals surface area (Å²) in [6.45, 7) is 4.28. The SMILES string of the molecule is CC(=O)OCC(OC(C)=O)[C@H]1O[C@@H](OP(=O)(O)O)[C@@H](OC(C)=O)[C@@H](OC(C)=O)[C@@H]1OC(C)=O. The molecule has 0 aromatic carbocycles. The van der Waals surface area contributed by atoms with E-state index in [1.54, 1.807) is 0 Å². The van der Waals surface area contributed by atoms with E-state index in [2.05, 4.69) is 4.52 Å². The molecule has 1 aliphatic heterocycles. The van der Waals surface area contributed by atoms with E-state index >= 15 is 0 Å². The highest BCUT2D eigenvalue weighted by molar-refractivity contribution is 7.46. The summed E-state index contributed by atoms with van der Waals surface area (Å²) in [5, 5.41) is 0. The van der Waals surface area contributed by atoms with Crippen molar-refractivity contribution in [3.8, 4) is 0 Å². The van der Waals surface area contributed by atoms with Crippen LogP contribution in [0.1, 0.15) is 34.6 Å². The summed E-state index contributed by atoms with van der Waals surface area (Å²) in [6.07, 6.45) is -10.5. The highest BCUT2D eigenvalue weighted by Gasteiger charge is 2.56. The second-order valence-corrected chi connectivity index (χ2v) is 7.93. The Kier molecular flexibility index (Phi) is 10.4. The van der Waals surface area contributed by atoms with Gasteiger partial charge in [0.25, 0.3) is 0 Å². The first-order chi connectivity index (χ1) is 15.1. The Morgan fingerprint density at radius 2 is 1.27 bits per heavy atom. The quantitative estimate of drug-likeness (QED) is 0.224. The fourth-order valence-electron chi connectivity index (χ4n) is 2.93. The number of carbonyl (C=O) groups is 5. The minimum absolute atomic E-state index is 0.648. The maximum Gasteiger partial charge on any atom is 0.472 e. The summed E-state index contributed by atoms with van der Waals surface area (Å²) in [7, 11) is -5.30. The Hall–Kier alpha value is -2.58. The monoisotopic (exact) mass is 500 g/mol. The number of esters is 5. The first-order valence-corrected chi connectivity index (χ1v) is 10.9. The third kappa shape index (κ3) is 9.84. The maximum absolute atomic E-state index is 11.8. The van der Waals surface area contributed by atoms with Crippen molar-refractivity contribution in [3.63, 3.8) is 0 Å². The minimum Gasteiger partial charge on any atom is -0.462 e. The number of hydrogen-bond donors (Lipinski definition) is 2. The average molecular weight is 500 g/mol. The molecule has 0 saturated carbocycles. The summed E-state index contributed by atoms with van der Waals surface area (Å²) in [4.78, 5) is 76.5. The third-order valence-corrected chi connectivity index (χ3v) is 4.30. The van der Waals surface area contributed by atoms with Crippen LogP contribution in [0.2, 0.25) is 0 Å². The molecule has 1 fully saturated rings. The molecule has 0 amide bonds. The van der Waals surface area contributed by atoms with Crippen LogP contribution in [0.4, 0.5) is 0 Å². The van der Waals surface area contributed by atoms with Crippen LogP contribution in [0.5, 0.6) is 0 Å². The van der Waals surface area contributed by atoms with Crippen molar-refractivity contribution < 1.29 is 71.3 Å². The molecule has 33 heavy (non-hydrogen) atoms. The van der Waals surface area contributed by atoms with E-state index in [0.717, 1.165) is 34.6 Å². The molecule has 1 aliphatic rings. The van der Waals surface area contributed by atoms with E-state index < -0.39 is 81.1 Å². The minimum atomic E-state index is -5.30. The molecule has 1 rings (SSSR count). The predicted octanol–water partition coefficient (Wildman–Crippen LogP) is -0.889. The van der Waals surface area contributed by atoms with E-state index in [0.29, 0.717) is 0 Å². The molecule has 0 spiro atoms. The fraction of sp³-hybridized carbons (Fsp3) is 0.706. The molecule has 6 atom stereocenters. The Bertz CT molecular complexity index is 804. The second kappa shape index (κ2) is 12.0. The zero-order valence-electron chi connectivity index (χ0n) is 18.3. The average Bonchev–Trinajstić information content (AvgIpc) is 2.60. The van der Waals surface area contributed by atoms with Crippen LogP contribution in [0.15, 0.2) is 0 Å². The Balaban J connectivity index is 3.58. The van der Waals surface area contributed by atoms with E-state index in [1.165, 1.54) is 0 Å². The molecule has 0 aliphatic carbocycles. The van der Waals surface area contributed by atoms with Gasteiger partial charge in [-0.15, -0.1) is 0 Å². The Morgan fingerprint density at radius 3 is 1.70 bits per heavy atom. The van der Waals surface area contributed by atoms with Crippen molar-refractivity contribution in [3.05, 3.63) is 0 Å². The van der Waals surface area contributed by atoms with Gasteiger partial charge in [0.1, 0.15) is 12.7 Å². The fourth-order valence-corrected chi connectivity index (χ4v) is 3.37. The van der Waals surface area contributed by atoms with Gasteiger partial charge in [-0.2, -0.15) is 0 Å². The van der Waals surface area contributed by atoms with Gasteiger partial charge < -0.3 is 38.2 Å². The van der Waals surface area contributed by atoms with Gasteiger partial charge in [0.2, 0.25) is 6.29 Å². The zero-order valence-corrected chi connectivity index (χ0v) is 19.2. The van der Waals surface area contributed by atoms with Crippen LogP contribution in [0, 0.1) is 0 Å². The van der Waals surface area contributed by atoms with Gasteiger partial charge in [-0.1, -0.05) is 0 Å². The molecule has 0 bridgehead atoms. The van der Waals surface area contributed by atoms with E-state index in [4.69, 9.17) is 28.4 Å². The van der Waals surface area contributed by atoms with E-state index in [-0.39, 0.29) is 0 Å². The van der Waals surface area contributed by atoms with E-state index in [1.807, 2.05) is 0 Å². The van der Waals surface area contributed by atoms with Crippen molar-refractivity contribution in [2.45, 2.75) is 71.4 Å². The molecule has 0 radical (unpaired) electrons. The summed E-state index contributed by atoms with van der Waals surface area (Å²) in [5.74, 6) is -4.57. The van der Waals surface area contributed by atoms with Crippen molar-refractivity contribution in [2.24, 2.45) is 0 Å². The van der Waals surface area contributed by atoms with Crippen LogP contribution in [-0.4, -0.2) is 83.1 Å². The topological polar surface area (TPSA) is 207 Å². The number of ether oxygens (including phenoxy) is 6. The first-order valence-electron chi connectivity index (χ1n) is 9.32. The lowest BCUT2D eigenvalue weighted by Crippen LogP contribution is -2.65. The van der Waals surface area contributed by atoms with Crippen LogP contribution < -0.4 is 0 Å². The smallest absolute Gasteiger partial charge is 0.462 e. The molecule has 0 aromatic heterocycles. The molecule has 2 N–H and O–H groups in total. The van der Waals surface area contributed by atoms with Crippen molar-refractivity contribution in [2.75, 3.05) is 6.61 Å². The third-order valence-electron chi connectivity index (χ3n) is 3.81. The highest BCUT2D eigenvalue weighted by atomic mass is 31.2. The van der Waals surface area contributed by atoms with Gasteiger partial charge in [-0.05, 0) is 0 Å². The molecule has 0 aromatic rings. The molecule has 16 heteroatoms. The molecule has 1 unspecified atom stereocenters. The van der Waals surface area contributed by atoms with E-state index in [9.17, 15) is 38.3 Å². The summed E-state index contributed by atoms with van der Waals surface area (Å²) < 4.78 is 46.7. The number of phosphoric ester groups is 1.